The summed E-state index contributed by atoms with van der Waals surface area (Å²) in [5.74, 6) is 0.578. The summed E-state index contributed by atoms with van der Waals surface area (Å²) in [4.78, 5) is 25.8. The van der Waals surface area contributed by atoms with Crippen LogP contribution in [0.1, 0.15) is 30.0 Å². The highest BCUT2D eigenvalue weighted by atomic mass is 32.1. The average molecular weight is 530 g/mol. The topological polar surface area (TPSA) is 94.1 Å². The Bertz CT molecular complexity index is 1430. The van der Waals surface area contributed by atoms with E-state index in [2.05, 4.69) is 15.3 Å². The molecule has 0 radical (unpaired) electrons. The number of rotatable bonds is 7. The van der Waals surface area contributed by atoms with E-state index in [9.17, 15) is 23.1 Å². The monoisotopic (exact) mass is 529 g/mol. The number of H-pyrrole nitrogens is 1. The maximum atomic E-state index is 14.2. The Kier molecular flexibility index (Phi) is 7.27. The molecule has 2 unspecified atom stereocenters. The van der Waals surface area contributed by atoms with Gasteiger partial charge in [-0.25, -0.2) is 23.1 Å². The zero-order valence-corrected chi connectivity index (χ0v) is 20.8. The number of benzene rings is 1. The molecule has 1 aromatic carbocycles. The van der Waals surface area contributed by atoms with Crippen LogP contribution in [0.3, 0.4) is 0 Å². The fraction of sp³-hybridized carbons (Fsp3) is 0.346. The number of nitrogens with zero attached hydrogens (tertiary/aromatic N) is 3. The molecule has 0 saturated carbocycles. The van der Waals surface area contributed by atoms with Gasteiger partial charge in [-0.1, -0.05) is 12.1 Å². The minimum absolute atomic E-state index is 0.152. The van der Waals surface area contributed by atoms with Crippen molar-refractivity contribution in [2.45, 2.75) is 44.5 Å². The zero-order chi connectivity index (χ0) is 26.1. The van der Waals surface area contributed by atoms with E-state index in [1.807, 2.05) is 48.7 Å². The molecule has 2 atom stereocenters. The van der Waals surface area contributed by atoms with Gasteiger partial charge in [-0.2, -0.15) is 0 Å². The highest BCUT2D eigenvalue weighted by Gasteiger charge is 2.34. The van der Waals surface area contributed by atoms with Gasteiger partial charge in [0.1, 0.15) is 16.5 Å². The molecular weight excluding hydrogens is 503 g/mol. The molecule has 4 aromatic rings. The smallest absolute Gasteiger partial charge is 0.268 e. The largest absolute Gasteiger partial charge is 0.383 e. The van der Waals surface area contributed by atoms with Crippen molar-refractivity contribution < 1.29 is 18.3 Å². The highest BCUT2D eigenvalue weighted by molar-refractivity contribution is 7.13. The molecule has 194 valence electrons. The van der Waals surface area contributed by atoms with Crippen molar-refractivity contribution in [2.75, 3.05) is 18.4 Å². The van der Waals surface area contributed by atoms with Gasteiger partial charge >= 0.3 is 0 Å². The number of hydrogen-bond donors (Lipinski definition) is 3. The van der Waals surface area contributed by atoms with Crippen LogP contribution in [0.2, 0.25) is 0 Å². The number of aliphatic hydroxyl groups is 1. The Morgan fingerprint density at radius 2 is 1.86 bits per heavy atom. The maximum Gasteiger partial charge on any atom is 0.268 e. The van der Waals surface area contributed by atoms with Crippen LogP contribution in [-0.4, -0.2) is 56.9 Å². The van der Waals surface area contributed by atoms with Gasteiger partial charge in [0.25, 0.3) is 12.0 Å². The predicted octanol–water partition coefficient (Wildman–Crippen LogP) is 5.20. The molecule has 0 bridgehead atoms. The minimum atomic E-state index is -3.11. The lowest BCUT2D eigenvalue weighted by molar-refractivity contribution is -0.106. The number of anilines is 2. The number of halogens is 3. The van der Waals surface area contributed by atoms with Crippen molar-refractivity contribution in [3.63, 3.8) is 0 Å². The number of likely N-dealkylation sites (tertiary alicyclic amines) is 1. The number of fused-ring (bicyclic) bond motifs is 1. The van der Waals surface area contributed by atoms with E-state index in [0.29, 0.717) is 29.7 Å². The quantitative estimate of drug-likeness (QED) is 0.285. The van der Waals surface area contributed by atoms with Crippen molar-refractivity contribution in [3.05, 3.63) is 69.6 Å². The van der Waals surface area contributed by atoms with Crippen LogP contribution in [0.25, 0.3) is 21.5 Å². The van der Waals surface area contributed by atoms with Gasteiger partial charge in [0, 0.05) is 36.0 Å². The standard InChI is InChI=1S/C26H26F3N5O2S/c1-14-13-37-26(31-14)19-12-17-6-9-30-25(36)20(17)24(33-19)32-18-4-2-15(3-5-18)16-7-10-34(11-8-16)23(29)21(35)22(27)28/h2-6,9,12-13,16,21-23,35H,7-8,10-11H2,1H3,(H,30,36)(H,32,33). The molecule has 0 spiro atoms. The van der Waals surface area contributed by atoms with E-state index >= 15 is 0 Å². The number of nitrogens with one attached hydrogen (secondary N) is 2. The molecule has 0 aliphatic carbocycles. The van der Waals surface area contributed by atoms with Crippen LogP contribution in [0.4, 0.5) is 24.7 Å². The van der Waals surface area contributed by atoms with E-state index in [1.165, 1.54) is 16.2 Å². The molecule has 11 heteroatoms. The van der Waals surface area contributed by atoms with Crippen LogP contribution in [-0.2, 0) is 0 Å². The first kappa shape index (κ1) is 25.4. The second kappa shape index (κ2) is 10.6. The molecule has 37 heavy (non-hydrogen) atoms. The number of aromatic amines is 1. The van der Waals surface area contributed by atoms with E-state index < -0.39 is 18.8 Å². The summed E-state index contributed by atoms with van der Waals surface area (Å²) in [6, 6.07) is 11.4. The van der Waals surface area contributed by atoms with Crippen LogP contribution < -0.4 is 10.9 Å². The van der Waals surface area contributed by atoms with Gasteiger partial charge in [-0.3, -0.25) is 9.69 Å². The summed E-state index contributed by atoms with van der Waals surface area (Å²) in [6.45, 7) is 2.49. The average Bonchev–Trinajstić information content (AvgIpc) is 3.34. The lowest BCUT2D eigenvalue weighted by Gasteiger charge is -2.35. The molecular formula is C26H26F3N5O2S. The van der Waals surface area contributed by atoms with Crippen molar-refractivity contribution in [3.8, 4) is 10.7 Å². The minimum Gasteiger partial charge on any atom is -0.383 e. The maximum absolute atomic E-state index is 14.2. The van der Waals surface area contributed by atoms with E-state index in [4.69, 9.17) is 4.98 Å². The molecule has 4 heterocycles. The Morgan fingerprint density at radius 3 is 2.51 bits per heavy atom. The third-order valence-electron chi connectivity index (χ3n) is 6.66. The number of hydrogen-bond acceptors (Lipinski definition) is 7. The number of pyridine rings is 2. The van der Waals surface area contributed by atoms with E-state index in [1.54, 1.807) is 6.20 Å². The van der Waals surface area contributed by atoms with Crippen molar-refractivity contribution in [1.29, 1.82) is 0 Å². The van der Waals surface area contributed by atoms with Gasteiger partial charge < -0.3 is 15.4 Å². The SMILES string of the molecule is Cc1csc(-c2cc3cc[nH]c(=O)c3c(Nc3ccc(C4CCN(C(F)C(O)C(F)F)CC4)cc3)n2)n1. The van der Waals surface area contributed by atoms with Gasteiger partial charge in [-0.15, -0.1) is 11.3 Å². The molecule has 1 aliphatic heterocycles. The summed E-state index contributed by atoms with van der Waals surface area (Å²) < 4.78 is 39.4. The third-order valence-corrected chi connectivity index (χ3v) is 7.64. The fourth-order valence-electron chi connectivity index (χ4n) is 4.68. The van der Waals surface area contributed by atoms with Gasteiger partial charge in [-0.05, 0) is 60.9 Å². The summed E-state index contributed by atoms with van der Waals surface area (Å²) in [7, 11) is 0. The van der Waals surface area contributed by atoms with Crippen LogP contribution in [0, 0.1) is 6.92 Å². The fourth-order valence-corrected chi connectivity index (χ4v) is 5.43. The summed E-state index contributed by atoms with van der Waals surface area (Å²) in [6.07, 6.45) is -4.68. The van der Waals surface area contributed by atoms with Gasteiger partial charge in [0.2, 0.25) is 0 Å². The number of alkyl halides is 3. The first-order valence-electron chi connectivity index (χ1n) is 12.0. The van der Waals surface area contributed by atoms with Crippen molar-refractivity contribution in [1.82, 2.24) is 19.9 Å². The van der Waals surface area contributed by atoms with E-state index in [-0.39, 0.29) is 24.6 Å². The number of aliphatic hydroxyl groups excluding tert-OH is 1. The summed E-state index contributed by atoms with van der Waals surface area (Å²) >= 11 is 1.49. The number of aryl methyl sites for hydroxylation is 1. The van der Waals surface area contributed by atoms with Crippen LogP contribution >= 0.6 is 11.3 Å². The van der Waals surface area contributed by atoms with Crippen molar-refractivity contribution in [2.24, 2.45) is 0 Å². The lowest BCUT2D eigenvalue weighted by atomic mass is 9.89. The van der Waals surface area contributed by atoms with Crippen molar-refractivity contribution >= 4 is 33.6 Å². The third kappa shape index (κ3) is 5.39. The van der Waals surface area contributed by atoms with E-state index in [0.717, 1.165) is 27.3 Å². The Hall–Kier alpha value is -3.28. The first-order valence-corrected chi connectivity index (χ1v) is 12.8. The van der Waals surface area contributed by atoms with Crippen LogP contribution in [0.5, 0.6) is 0 Å². The van der Waals surface area contributed by atoms with Crippen LogP contribution in [0.15, 0.2) is 52.8 Å². The first-order chi connectivity index (χ1) is 17.8. The molecule has 1 fully saturated rings. The normalized spacial score (nSPS) is 16.8. The Balaban J connectivity index is 1.33. The second-order valence-electron chi connectivity index (χ2n) is 9.18. The molecule has 7 nitrogen and oxygen atoms in total. The summed E-state index contributed by atoms with van der Waals surface area (Å²) in [5.41, 5.74) is 3.12. The summed E-state index contributed by atoms with van der Waals surface area (Å²) in [5, 5.41) is 16.5. The molecule has 3 N–H and O–H groups in total. The zero-order valence-electron chi connectivity index (χ0n) is 20.0. The number of piperidine rings is 1. The predicted molar refractivity (Wildman–Crippen MR) is 138 cm³/mol. The number of thiazole rings is 1. The van der Waals surface area contributed by atoms with Gasteiger partial charge in [0.15, 0.2) is 12.4 Å². The molecule has 5 rings (SSSR count). The molecule has 0 amide bonds. The Labute approximate surface area is 215 Å². The second-order valence-corrected chi connectivity index (χ2v) is 10.0. The molecule has 1 saturated heterocycles. The highest BCUT2D eigenvalue weighted by Crippen LogP contribution is 2.33. The van der Waals surface area contributed by atoms with Gasteiger partial charge in [0.05, 0.1) is 5.39 Å². The Morgan fingerprint density at radius 1 is 1.14 bits per heavy atom. The lowest BCUT2D eigenvalue weighted by Crippen LogP contribution is -2.47. The number of aromatic nitrogens is 3. The molecule has 3 aromatic heterocycles. The molecule has 1 aliphatic rings.